The highest BCUT2D eigenvalue weighted by atomic mass is 32.2. The van der Waals surface area contributed by atoms with Gasteiger partial charge in [0.25, 0.3) is 5.91 Å². The number of carbonyl (C=O) groups is 1. The first-order valence-corrected chi connectivity index (χ1v) is 10.4. The van der Waals surface area contributed by atoms with Gasteiger partial charge in [0.1, 0.15) is 21.1 Å². The lowest BCUT2D eigenvalue weighted by Crippen LogP contribution is -2.32. The molecule has 1 N–H and O–H groups in total. The zero-order chi connectivity index (χ0) is 19.4. The molecule has 27 heavy (non-hydrogen) atoms. The highest BCUT2D eigenvalue weighted by Gasteiger charge is 2.30. The van der Waals surface area contributed by atoms with Gasteiger partial charge in [-0.3, -0.25) is 4.79 Å². The second kappa shape index (κ2) is 7.98. The van der Waals surface area contributed by atoms with E-state index in [1.807, 2.05) is 0 Å². The number of hydrogen-bond donors (Lipinski definition) is 1. The van der Waals surface area contributed by atoms with E-state index in [0.29, 0.717) is 5.56 Å². The fourth-order valence-corrected chi connectivity index (χ4v) is 5.44. The first-order valence-electron chi connectivity index (χ1n) is 7.95. The lowest BCUT2D eigenvalue weighted by Gasteiger charge is -2.18. The van der Waals surface area contributed by atoms with E-state index in [0.717, 1.165) is 29.5 Å². The average Bonchev–Trinajstić information content (AvgIpc) is 3.19. The third-order valence-electron chi connectivity index (χ3n) is 3.96. The Bertz CT molecular complexity index is 1030. The van der Waals surface area contributed by atoms with Gasteiger partial charge in [0, 0.05) is 6.54 Å². The summed E-state index contributed by atoms with van der Waals surface area (Å²) in [5.41, 5.74) is 0.155. The Morgan fingerprint density at radius 1 is 1.00 bits per heavy atom. The average molecular weight is 407 g/mol. The monoisotopic (exact) mass is 407 g/mol. The molecule has 0 saturated heterocycles. The maximum absolute atomic E-state index is 13.8. The molecule has 4 nitrogen and oxygen atoms in total. The Hall–Kier alpha value is -2.58. The molecule has 0 aliphatic heterocycles. The number of carbonyl (C=O) groups excluding carboxylic acids is 1. The predicted molar refractivity (Wildman–Crippen MR) is 99.4 cm³/mol. The molecule has 3 rings (SSSR count). The molecule has 0 unspecified atom stereocenters. The maximum atomic E-state index is 13.8. The van der Waals surface area contributed by atoms with Crippen molar-refractivity contribution in [1.29, 1.82) is 0 Å². The van der Waals surface area contributed by atoms with Gasteiger partial charge in [-0.1, -0.05) is 30.3 Å². The standard InChI is InChI=1S/C19H15F2NO3S2/c20-14-9-7-13(8-10-14)17(27(24,25)18-6-3-11-26-18)12-22-19(23)15-4-1-2-5-16(15)21/h1-11,17H,12H2,(H,22,23)/t17-/m0/s1. The second-order valence-corrected chi connectivity index (χ2v) is 9.01. The van der Waals surface area contributed by atoms with Crippen molar-refractivity contribution >= 4 is 27.1 Å². The van der Waals surface area contributed by atoms with E-state index in [9.17, 15) is 22.0 Å². The minimum absolute atomic E-state index is 0.136. The first kappa shape index (κ1) is 19.2. The van der Waals surface area contributed by atoms with Gasteiger partial charge in [-0.05, 0) is 41.3 Å². The van der Waals surface area contributed by atoms with Crippen LogP contribution in [0.15, 0.2) is 70.3 Å². The van der Waals surface area contributed by atoms with Gasteiger partial charge >= 0.3 is 0 Å². The van der Waals surface area contributed by atoms with Crippen LogP contribution >= 0.6 is 11.3 Å². The van der Waals surface area contributed by atoms with Crippen LogP contribution in [0.25, 0.3) is 0 Å². The minimum Gasteiger partial charge on any atom is -0.350 e. The van der Waals surface area contributed by atoms with Gasteiger partial charge in [-0.15, -0.1) is 11.3 Å². The normalized spacial score (nSPS) is 12.5. The number of hydrogen-bond acceptors (Lipinski definition) is 4. The van der Waals surface area contributed by atoms with Crippen molar-refractivity contribution in [2.45, 2.75) is 9.46 Å². The number of halogens is 2. The third kappa shape index (κ3) is 4.23. The summed E-state index contributed by atoms with van der Waals surface area (Å²) in [7, 11) is -3.82. The Morgan fingerprint density at radius 3 is 2.33 bits per heavy atom. The molecule has 8 heteroatoms. The van der Waals surface area contributed by atoms with Crippen LogP contribution < -0.4 is 5.32 Å². The summed E-state index contributed by atoms with van der Waals surface area (Å²) in [6.45, 7) is -0.279. The summed E-state index contributed by atoms with van der Waals surface area (Å²) < 4.78 is 53.1. The molecule has 1 amide bonds. The Morgan fingerprint density at radius 2 is 1.70 bits per heavy atom. The summed E-state index contributed by atoms with van der Waals surface area (Å²) in [6.07, 6.45) is 0. The quantitative estimate of drug-likeness (QED) is 0.673. The fourth-order valence-electron chi connectivity index (χ4n) is 2.58. The number of rotatable bonds is 6. The molecule has 3 aromatic rings. The van der Waals surface area contributed by atoms with Crippen LogP contribution in [-0.4, -0.2) is 20.9 Å². The van der Waals surface area contributed by atoms with Crippen LogP contribution in [0.1, 0.15) is 21.2 Å². The predicted octanol–water partition coefficient (Wildman–Crippen LogP) is 3.97. The van der Waals surface area contributed by atoms with E-state index in [1.165, 1.54) is 36.4 Å². The molecule has 0 saturated carbocycles. The van der Waals surface area contributed by atoms with Crippen LogP contribution in [-0.2, 0) is 9.84 Å². The van der Waals surface area contributed by atoms with Crippen LogP contribution in [0, 0.1) is 11.6 Å². The van der Waals surface area contributed by atoms with Crippen molar-refractivity contribution in [3.8, 4) is 0 Å². The van der Waals surface area contributed by atoms with E-state index in [1.54, 1.807) is 11.4 Å². The molecule has 2 aromatic carbocycles. The fraction of sp³-hybridized carbons (Fsp3) is 0.105. The van der Waals surface area contributed by atoms with Gasteiger partial charge in [0.05, 0.1) is 5.56 Å². The smallest absolute Gasteiger partial charge is 0.254 e. The molecule has 1 atom stereocenters. The van der Waals surface area contributed by atoms with Crippen molar-refractivity contribution in [2.75, 3.05) is 6.54 Å². The highest BCUT2D eigenvalue weighted by Crippen LogP contribution is 2.31. The van der Waals surface area contributed by atoms with Gasteiger partial charge < -0.3 is 5.32 Å². The van der Waals surface area contributed by atoms with Crippen LogP contribution in [0.3, 0.4) is 0 Å². The van der Waals surface area contributed by atoms with Crippen molar-refractivity contribution in [3.05, 3.63) is 88.8 Å². The van der Waals surface area contributed by atoms with Crippen LogP contribution in [0.4, 0.5) is 8.78 Å². The number of thiophene rings is 1. The lowest BCUT2D eigenvalue weighted by molar-refractivity contribution is 0.0949. The molecular formula is C19H15F2NO3S2. The third-order valence-corrected chi connectivity index (χ3v) is 7.49. The van der Waals surface area contributed by atoms with E-state index in [2.05, 4.69) is 5.32 Å². The Labute approximate surface area is 159 Å². The van der Waals surface area contributed by atoms with E-state index in [-0.39, 0.29) is 16.3 Å². The van der Waals surface area contributed by atoms with Gasteiger partial charge in [-0.2, -0.15) is 0 Å². The molecule has 0 spiro atoms. The maximum Gasteiger partial charge on any atom is 0.254 e. The Balaban J connectivity index is 1.90. The molecule has 0 aliphatic carbocycles. The zero-order valence-corrected chi connectivity index (χ0v) is 15.6. The van der Waals surface area contributed by atoms with Crippen LogP contribution in [0.5, 0.6) is 0 Å². The highest BCUT2D eigenvalue weighted by molar-refractivity contribution is 7.93. The van der Waals surface area contributed by atoms with E-state index >= 15 is 0 Å². The van der Waals surface area contributed by atoms with Crippen molar-refractivity contribution in [1.82, 2.24) is 5.32 Å². The SMILES string of the molecule is O=C(NC[C@@H](c1ccc(F)cc1)S(=O)(=O)c1cccs1)c1ccccc1F. The number of sulfone groups is 1. The molecule has 0 radical (unpaired) electrons. The Kier molecular flexibility index (Phi) is 5.67. The molecule has 0 fully saturated rings. The molecule has 1 aromatic heterocycles. The van der Waals surface area contributed by atoms with Crippen molar-refractivity contribution in [3.63, 3.8) is 0 Å². The summed E-state index contributed by atoms with van der Waals surface area (Å²) in [6, 6.07) is 13.5. The minimum atomic E-state index is -3.82. The summed E-state index contributed by atoms with van der Waals surface area (Å²) >= 11 is 1.05. The summed E-state index contributed by atoms with van der Waals surface area (Å²) in [5, 5.41) is 2.97. The lowest BCUT2D eigenvalue weighted by atomic mass is 10.1. The first-order chi connectivity index (χ1) is 12.9. The van der Waals surface area contributed by atoms with Gasteiger partial charge in [0.15, 0.2) is 9.84 Å². The molecular weight excluding hydrogens is 392 g/mol. The number of nitrogens with one attached hydrogen (secondary N) is 1. The van der Waals surface area contributed by atoms with Gasteiger partial charge in [-0.25, -0.2) is 17.2 Å². The van der Waals surface area contributed by atoms with E-state index in [4.69, 9.17) is 0 Å². The topological polar surface area (TPSA) is 63.2 Å². The molecule has 140 valence electrons. The second-order valence-electron chi connectivity index (χ2n) is 5.71. The number of amides is 1. The van der Waals surface area contributed by atoms with Crippen molar-refractivity contribution in [2.24, 2.45) is 0 Å². The van der Waals surface area contributed by atoms with Crippen molar-refractivity contribution < 1.29 is 22.0 Å². The van der Waals surface area contributed by atoms with Crippen LogP contribution in [0.2, 0.25) is 0 Å². The largest absolute Gasteiger partial charge is 0.350 e. The molecule has 1 heterocycles. The molecule has 0 aliphatic rings. The zero-order valence-electron chi connectivity index (χ0n) is 13.9. The van der Waals surface area contributed by atoms with E-state index < -0.39 is 32.6 Å². The van der Waals surface area contributed by atoms with Gasteiger partial charge in [0.2, 0.25) is 0 Å². The number of benzene rings is 2. The molecule has 0 bridgehead atoms. The summed E-state index contributed by atoms with van der Waals surface area (Å²) in [5.74, 6) is -1.92. The summed E-state index contributed by atoms with van der Waals surface area (Å²) in [4.78, 5) is 12.3.